The third-order valence-corrected chi connectivity index (χ3v) is 4.13. The van der Waals surface area contributed by atoms with E-state index >= 15 is 0 Å². The first-order valence-electron chi connectivity index (χ1n) is 8.08. The van der Waals surface area contributed by atoms with Gasteiger partial charge in [0.1, 0.15) is 0 Å². The summed E-state index contributed by atoms with van der Waals surface area (Å²) in [6.45, 7) is 3.88. The minimum atomic E-state index is -0.320. The van der Waals surface area contributed by atoms with Gasteiger partial charge in [0.2, 0.25) is 5.91 Å². The van der Waals surface area contributed by atoms with Gasteiger partial charge in [-0.3, -0.25) is 14.4 Å². The standard InChI is InChI=1S/C20H19BrN2O3/c1-2-13-22-20(26)16-5-3-4-6-17(16)23-19(25)12-11-18(24)14-7-9-15(21)10-8-14/h2-10H,1,11-13H2,(H,22,26)(H,23,25). The first-order chi connectivity index (χ1) is 12.5. The molecule has 5 nitrogen and oxygen atoms in total. The molecule has 134 valence electrons. The summed E-state index contributed by atoms with van der Waals surface area (Å²) in [5.41, 5.74) is 1.34. The summed E-state index contributed by atoms with van der Waals surface area (Å²) >= 11 is 3.31. The molecule has 2 aromatic carbocycles. The maximum absolute atomic E-state index is 12.2. The molecule has 0 radical (unpaired) electrons. The molecule has 0 unspecified atom stereocenters. The fraction of sp³-hybridized carbons (Fsp3) is 0.150. The minimum absolute atomic E-state index is 0.0392. The zero-order valence-corrected chi connectivity index (χ0v) is 15.7. The van der Waals surface area contributed by atoms with Crippen LogP contribution in [0.4, 0.5) is 5.69 Å². The molecule has 0 heterocycles. The maximum Gasteiger partial charge on any atom is 0.253 e. The zero-order valence-electron chi connectivity index (χ0n) is 14.1. The molecule has 0 spiro atoms. The molecule has 0 bridgehead atoms. The van der Waals surface area contributed by atoms with Crippen LogP contribution in [-0.2, 0) is 4.79 Å². The largest absolute Gasteiger partial charge is 0.349 e. The number of anilines is 1. The van der Waals surface area contributed by atoms with Crippen molar-refractivity contribution in [2.45, 2.75) is 12.8 Å². The molecule has 26 heavy (non-hydrogen) atoms. The Kier molecular flexibility index (Phi) is 7.29. The normalized spacial score (nSPS) is 10.0. The van der Waals surface area contributed by atoms with Gasteiger partial charge in [-0.05, 0) is 24.3 Å². The second kappa shape index (κ2) is 9.68. The lowest BCUT2D eigenvalue weighted by Gasteiger charge is -2.10. The number of rotatable bonds is 8. The number of halogens is 1. The molecular weight excluding hydrogens is 396 g/mol. The highest BCUT2D eigenvalue weighted by Crippen LogP contribution is 2.16. The van der Waals surface area contributed by atoms with Crippen LogP contribution in [0.5, 0.6) is 0 Å². The summed E-state index contributed by atoms with van der Waals surface area (Å²) in [6.07, 6.45) is 1.71. The molecular formula is C20H19BrN2O3. The van der Waals surface area contributed by atoms with Crippen LogP contribution >= 0.6 is 15.9 Å². The Labute approximate surface area is 160 Å². The lowest BCUT2D eigenvalue weighted by Crippen LogP contribution is -2.25. The number of carbonyl (C=O) groups is 3. The van der Waals surface area contributed by atoms with Crippen LogP contribution < -0.4 is 10.6 Å². The van der Waals surface area contributed by atoms with Crippen LogP contribution in [0.3, 0.4) is 0 Å². The van der Waals surface area contributed by atoms with Crippen LogP contribution in [0, 0.1) is 0 Å². The first kappa shape index (κ1) is 19.6. The Balaban J connectivity index is 1.95. The molecule has 0 fully saturated rings. The maximum atomic E-state index is 12.2. The van der Waals surface area contributed by atoms with Crippen molar-refractivity contribution in [1.29, 1.82) is 0 Å². The van der Waals surface area contributed by atoms with Crippen LogP contribution in [0.25, 0.3) is 0 Å². The van der Waals surface area contributed by atoms with Gasteiger partial charge in [-0.25, -0.2) is 0 Å². The predicted molar refractivity (Wildman–Crippen MR) is 105 cm³/mol. The predicted octanol–water partition coefficient (Wildman–Crippen LogP) is 3.97. The average Bonchev–Trinajstić information content (AvgIpc) is 2.65. The molecule has 0 aliphatic rings. The number of hydrogen-bond acceptors (Lipinski definition) is 3. The Morgan fingerprint density at radius 1 is 1.00 bits per heavy atom. The second-order valence-corrected chi connectivity index (χ2v) is 6.44. The topological polar surface area (TPSA) is 75.3 Å². The SMILES string of the molecule is C=CCNC(=O)c1ccccc1NC(=O)CCC(=O)c1ccc(Br)cc1. The molecule has 0 saturated heterocycles. The van der Waals surface area contributed by atoms with Crippen LogP contribution in [0.2, 0.25) is 0 Å². The van der Waals surface area contributed by atoms with E-state index in [1.165, 1.54) is 0 Å². The minimum Gasteiger partial charge on any atom is -0.349 e. The van der Waals surface area contributed by atoms with E-state index in [0.29, 0.717) is 23.4 Å². The molecule has 2 amide bonds. The van der Waals surface area contributed by atoms with Gasteiger partial charge in [-0.2, -0.15) is 0 Å². The van der Waals surface area contributed by atoms with Gasteiger partial charge in [-0.1, -0.05) is 46.3 Å². The summed E-state index contributed by atoms with van der Waals surface area (Å²) in [7, 11) is 0. The van der Waals surface area contributed by atoms with Crippen molar-refractivity contribution in [2.24, 2.45) is 0 Å². The summed E-state index contributed by atoms with van der Waals surface area (Å²) in [5.74, 6) is -0.726. The van der Waals surface area contributed by atoms with Crippen molar-refractivity contribution in [3.63, 3.8) is 0 Å². The van der Waals surface area contributed by atoms with Gasteiger partial charge in [0.05, 0.1) is 11.3 Å². The molecule has 0 atom stereocenters. The summed E-state index contributed by atoms with van der Waals surface area (Å²) in [5, 5.41) is 5.37. The van der Waals surface area contributed by atoms with Crippen LogP contribution in [0.1, 0.15) is 33.6 Å². The van der Waals surface area contributed by atoms with Crippen molar-refractivity contribution < 1.29 is 14.4 Å². The van der Waals surface area contributed by atoms with E-state index in [0.717, 1.165) is 4.47 Å². The number of benzene rings is 2. The molecule has 2 rings (SSSR count). The summed E-state index contributed by atoms with van der Waals surface area (Å²) < 4.78 is 0.887. The number of para-hydroxylation sites is 1. The van der Waals surface area contributed by atoms with Crippen LogP contribution in [-0.4, -0.2) is 24.1 Å². The molecule has 0 aromatic heterocycles. The van der Waals surface area contributed by atoms with Gasteiger partial charge in [0.15, 0.2) is 5.78 Å². The fourth-order valence-electron chi connectivity index (χ4n) is 2.27. The molecule has 6 heteroatoms. The zero-order chi connectivity index (χ0) is 18.9. The van der Waals surface area contributed by atoms with E-state index < -0.39 is 0 Å². The van der Waals surface area contributed by atoms with Crippen molar-refractivity contribution in [2.75, 3.05) is 11.9 Å². The number of carbonyl (C=O) groups excluding carboxylic acids is 3. The Bertz CT molecular complexity index is 816. The van der Waals surface area contributed by atoms with E-state index in [1.807, 2.05) is 0 Å². The highest BCUT2D eigenvalue weighted by Gasteiger charge is 2.14. The van der Waals surface area contributed by atoms with Crippen molar-refractivity contribution in [1.82, 2.24) is 5.32 Å². The van der Waals surface area contributed by atoms with Crippen molar-refractivity contribution in [3.05, 3.63) is 76.8 Å². The Hall–Kier alpha value is -2.73. The first-order valence-corrected chi connectivity index (χ1v) is 8.87. The monoisotopic (exact) mass is 414 g/mol. The van der Waals surface area contributed by atoms with E-state index in [4.69, 9.17) is 0 Å². The fourth-order valence-corrected chi connectivity index (χ4v) is 2.53. The van der Waals surface area contributed by atoms with E-state index in [2.05, 4.69) is 33.1 Å². The Morgan fingerprint density at radius 3 is 2.38 bits per heavy atom. The van der Waals surface area contributed by atoms with Gasteiger partial charge in [0, 0.05) is 29.4 Å². The Morgan fingerprint density at radius 2 is 1.69 bits per heavy atom. The van der Waals surface area contributed by atoms with E-state index in [9.17, 15) is 14.4 Å². The molecule has 0 saturated carbocycles. The lowest BCUT2D eigenvalue weighted by molar-refractivity contribution is -0.116. The van der Waals surface area contributed by atoms with Gasteiger partial charge in [-0.15, -0.1) is 6.58 Å². The number of ketones is 1. The number of hydrogen-bond donors (Lipinski definition) is 2. The number of amides is 2. The molecule has 2 aromatic rings. The molecule has 2 N–H and O–H groups in total. The van der Waals surface area contributed by atoms with E-state index in [-0.39, 0.29) is 30.4 Å². The summed E-state index contributed by atoms with van der Waals surface area (Å²) in [6, 6.07) is 13.7. The smallest absolute Gasteiger partial charge is 0.253 e. The molecule has 0 aliphatic carbocycles. The number of Topliss-reactive ketones (excluding diaryl/α,β-unsaturated/α-hetero) is 1. The highest BCUT2D eigenvalue weighted by atomic mass is 79.9. The second-order valence-electron chi connectivity index (χ2n) is 5.52. The van der Waals surface area contributed by atoms with Gasteiger partial charge in [0.25, 0.3) is 5.91 Å². The summed E-state index contributed by atoms with van der Waals surface area (Å²) in [4.78, 5) is 36.4. The quantitative estimate of drug-likeness (QED) is 0.506. The highest BCUT2D eigenvalue weighted by molar-refractivity contribution is 9.10. The number of nitrogens with one attached hydrogen (secondary N) is 2. The van der Waals surface area contributed by atoms with E-state index in [1.54, 1.807) is 54.6 Å². The van der Waals surface area contributed by atoms with Crippen molar-refractivity contribution in [3.8, 4) is 0 Å². The molecule has 0 aliphatic heterocycles. The average molecular weight is 415 g/mol. The third kappa shape index (κ3) is 5.67. The van der Waals surface area contributed by atoms with Crippen molar-refractivity contribution >= 4 is 39.2 Å². The van der Waals surface area contributed by atoms with Crippen LogP contribution in [0.15, 0.2) is 65.7 Å². The lowest BCUT2D eigenvalue weighted by atomic mass is 10.1. The van der Waals surface area contributed by atoms with Gasteiger partial charge < -0.3 is 10.6 Å². The third-order valence-electron chi connectivity index (χ3n) is 3.60. The van der Waals surface area contributed by atoms with Gasteiger partial charge >= 0.3 is 0 Å².